The molecule has 2 aromatic carbocycles. The van der Waals surface area contributed by atoms with Crippen LogP contribution in [0.2, 0.25) is 0 Å². The fourth-order valence-electron chi connectivity index (χ4n) is 1.94. The maximum absolute atomic E-state index is 5.75. The van der Waals surface area contributed by atoms with E-state index in [9.17, 15) is 0 Å². The number of rotatable bonds is 1. The van der Waals surface area contributed by atoms with E-state index in [1.807, 2.05) is 54.6 Å². The van der Waals surface area contributed by atoms with Crippen molar-refractivity contribution in [3.8, 4) is 11.1 Å². The van der Waals surface area contributed by atoms with Crippen LogP contribution in [0.15, 0.2) is 54.6 Å². The Morgan fingerprint density at radius 2 is 1.83 bits per heavy atom. The largest absolute Gasteiger partial charge is 0.384 e. The van der Waals surface area contributed by atoms with Crippen LogP contribution in [0.4, 0.5) is 5.82 Å². The van der Waals surface area contributed by atoms with Crippen molar-refractivity contribution in [2.24, 2.45) is 0 Å². The van der Waals surface area contributed by atoms with E-state index in [2.05, 4.69) is 11.1 Å². The zero-order valence-electron chi connectivity index (χ0n) is 9.55. The number of nitrogens with two attached hydrogens (primary N) is 1. The van der Waals surface area contributed by atoms with Gasteiger partial charge < -0.3 is 5.73 Å². The third-order valence-electron chi connectivity index (χ3n) is 2.74. The monoisotopic (exact) mass is 412 g/mol. The van der Waals surface area contributed by atoms with Crippen LogP contribution >= 0.6 is 0 Å². The Balaban J connectivity index is 0.00000120. The van der Waals surface area contributed by atoms with E-state index in [-0.39, 0.29) is 20.1 Å². The van der Waals surface area contributed by atoms with E-state index in [0.29, 0.717) is 5.82 Å². The summed E-state index contributed by atoms with van der Waals surface area (Å²) in [4.78, 5) is 4.41. The molecule has 1 heterocycles. The van der Waals surface area contributed by atoms with Crippen LogP contribution in [-0.4, -0.2) is 4.98 Å². The number of nitrogen functional groups attached to an aromatic ring is 1. The SMILES string of the molecule is Nc1ccc2cccc(-c3[c-]cccc3)c2n1.[Ir]. The molecular weight excluding hydrogens is 400 g/mol. The van der Waals surface area contributed by atoms with Crippen LogP contribution in [0.25, 0.3) is 22.0 Å². The van der Waals surface area contributed by atoms with Crippen molar-refractivity contribution in [1.29, 1.82) is 0 Å². The molecule has 0 spiro atoms. The number of anilines is 1. The van der Waals surface area contributed by atoms with Crippen molar-refractivity contribution in [3.63, 3.8) is 0 Å². The smallest absolute Gasteiger partial charge is 0.123 e. The van der Waals surface area contributed by atoms with Crippen molar-refractivity contribution >= 4 is 16.7 Å². The minimum atomic E-state index is 0. The van der Waals surface area contributed by atoms with Crippen molar-refractivity contribution in [2.45, 2.75) is 0 Å². The molecular formula is C15H11IrN2-. The molecule has 0 saturated carbocycles. The summed E-state index contributed by atoms with van der Waals surface area (Å²) < 4.78 is 0. The molecule has 0 atom stereocenters. The molecule has 0 amide bonds. The van der Waals surface area contributed by atoms with Crippen molar-refractivity contribution in [1.82, 2.24) is 4.98 Å². The molecule has 2 nitrogen and oxygen atoms in total. The first-order valence-corrected chi connectivity index (χ1v) is 5.47. The quantitative estimate of drug-likeness (QED) is 0.625. The Bertz CT molecular complexity index is 666. The first-order chi connectivity index (χ1) is 8.34. The summed E-state index contributed by atoms with van der Waals surface area (Å²) in [5.41, 5.74) is 8.78. The second kappa shape index (κ2) is 5.30. The molecule has 3 aromatic rings. The second-order valence-corrected chi connectivity index (χ2v) is 3.89. The summed E-state index contributed by atoms with van der Waals surface area (Å²) in [5.74, 6) is 0.542. The second-order valence-electron chi connectivity index (χ2n) is 3.89. The molecule has 0 fully saturated rings. The number of benzene rings is 2. The van der Waals surface area contributed by atoms with Crippen molar-refractivity contribution in [3.05, 3.63) is 60.7 Å². The number of hydrogen-bond acceptors (Lipinski definition) is 2. The Hall–Kier alpha value is -1.70. The van der Waals surface area contributed by atoms with Gasteiger partial charge in [0.2, 0.25) is 0 Å². The first-order valence-electron chi connectivity index (χ1n) is 5.47. The van der Waals surface area contributed by atoms with E-state index in [4.69, 9.17) is 5.73 Å². The van der Waals surface area contributed by atoms with Crippen LogP contribution in [0, 0.1) is 6.07 Å². The molecule has 3 rings (SSSR count). The normalized spacial score (nSPS) is 10.0. The first kappa shape index (κ1) is 12.7. The molecule has 91 valence electrons. The number of pyridine rings is 1. The summed E-state index contributed by atoms with van der Waals surface area (Å²) in [6.07, 6.45) is 0. The van der Waals surface area contributed by atoms with Gasteiger partial charge in [0.15, 0.2) is 0 Å². The topological polar surface area (TPSA) is 38.9 Å². The molecule has 0 unspecified atom stereocenters. The average molecular weight is 411 g/mol. The summed E-state index contributed by atoms with van der Waals surface area (Å²) >= 11 is 0. The molecule has 0 aliphatic rings. The van der Waals surface area contributed by atoms with Crippen molar-refractivity contribution < 1.29 is 20.1 Å². The zero-order chi connectivity index (χ0) is 11.7. The molecule has 3 heteroatoms. The third-order valence-corrected chi connectivity index (χ3v) is 2.74. The van der Waals surface area contributed by atoms with Crippen molar-refractivity contribution in [2.75, 3.05) is 5.73 Å². The molecule has 0 bridgehead atoms. The van der Waals surface area contributed by atoms with Crippen LogP contribution in [0.5, 0.6) is 0 Å². The van der Waals surface area contributed by atoms with Gasteiger partial charge in [-0.15, -0.1) is 35.9 Å². The van der Waals surface area contributed by atoms with E-state index in [1.54, 1.807) is 0 Å². The van der Waals surface area contributed by atoms with Crippen LogP contribution in [0.1, 0.15) is 0 Å². The Morgan fingerprint density at radius 3 is 2.61 bits per heavy atom. The van der Waals surface area contributed by atoms with Gasteiger partial charge in [0.05, 0.1) is 0 Å². The minimum absolute atomic E-state index is 0. The summed E-state index contributed by atoms with van der Waals surface area (Å²) in [7, 11) is 0. The van der Waals surface area contributed by atoms with Gasteiger partial charge in [-0.1, -0.05) is 23.8 Å². The zero-order valence-corrected chi connectivity index (χ0v) is 11.9. The van der Waals surface area contributed by atoms with Gasteiger partial charge in [0.25, 0.3) is 0 Å². The van der Waals surface area contributed by atoms with Gasteiger partial charge in [-0.05, 0) is 17.5 Å². The van der Waals surface area contributed by atoms with E-state index < -0.39 is 0 Å². The van der Waals surface area contributed by atoms with Gasteiger partial charge in [-0.2, -0.15) is 0 Å². The maximum Gasteiger partial charge on any atom is 0.123 e. The van der Waals surface area contributed by atoms with Crippen LogP contribution in [-0.2, 0) is 20.1 Å². The molecule has 1 radical (unpaired) electrons. The molecule has 2 N–H and O–H groups in total. The van der Waals surface area contributed by atoms with Crippen LogP contribution < -0.4 is 5.73 Å². The van der Waals surface area contributed by atoms with E-state index in [0.717, 1.165) is 22.0 Å². The van der Waals surface area contributed by atoms with E-state index >= 15 is 0 Å². The molecule has 0 saturated heterocycles. The Kier molecular flexibility index (Phi) is 3.75. The predicted octanol–water partition coefficient (Wildman–Crippen LogP) is 3.28. The average Bonchev–Trinajstić information content (AvgIpc) is 2.39. The number of fused-ring (bicyclic) bond motifs is 1. The van der Waals surface area contributed by atoms with Gasteiger partial charge in [-0.3, -0.25) is 0 Å². The standard InChI is InChI=1S/C15H11N2.Ir/c16-14-10-9-12-7-4-8-13(15(12)17-14)11-5-2-1-3-6-11;/h1-5,7-10H,(H2,16,17);/q-1;. The van der Waals surface area contributed by atoms with Gasteiger partial charge in [0, 0.05) is 25.6 Å². The minimum Gasteiger partial charge on any atom is -0.384 e. The fourth-order valence-corrected chi connectivity index (χ4v) is 1.94. The number of hydrogen-bond donors (Lipinski definition) is 1. The molecule has 1 aromatic heterocycles. The summed E-state index contributed by atoms with van der Waals surface area (Å²) in [6.45, 7) is 0. The molecule has 18 heavy (non-hydrogen) atoms. The molecule has 0 aliphatic heterocycles. The summed E-state index contributed by atoms with van der Waals surface area (Å²) in [5, 5.41) is 1.09. The number of nitrogens with zero attached hydrogens (tertiary/aromatic N) is 1. The summed E-state index contributed by atoms with van der Waals surface area (Å²) in [6, 6.07) is 21.0. The number of para-hydroxylation sites is 1. The van der Waals surface area contributed by atoms with Gasteiger partial charge in [0.1, 0.15) is 5.82 Å². The third kappa shape index (κ3) is 2.28. The molecule has 0 aliphatic carbocycles. The Labute approximate surface area is 119 Å². The number of aromatic nitrogens is 1. The Morgan fingerprint density at radius 1 is 0.944 bits per heavy atom. The van der Waals surface area contributed by atoms with Crippen LogP contribution in [0.3, 0.4) is 0 Å². The van der Waals surface area contributed by atoms with Gasteiger partial charge in [-0.25, -0.2) is 4.98 Å². The van der Waals surface area contributed by atoms with Gasteiger partial charge >= 0.3 is 0 Å². The van der Waals surface area contributed by atoms with E-state index in [1.165, 1.54) is 0 Å². The fraction of sp³-hybridized carbons (Fsp3) is 0. The predicted molar refractivity (Wildman–Crippen MR) is 70.4 cm³/mol. The maximum atomic E-state index is 5.75.